The van der Waals surface area contributed by atoms with Gasteiger partial charge in [0.1, 0.15) is 11.3 Å². The van der Waals surface area contributed by atoms with E-state index < -0.39 is 5.56 Å². The lowest BCUT2D eigenvalue weighted by Crippen LogP contribution is -2.41. The Bertz CT molecular complexity index is 1210. The van der Waals surface area contributed by atoms with Crippen LogP contribution in [0, 0.1) is 12.8 Å². The molecule has 4 rings (SSSR count). The molecule has 7 nitrogen and oxygen atoms in total. The largest absolute Gasteiger partial charge is 0.506 e. The smallest absolute Gasteiger partial charge is 0.331 e. The number of ketones is 2. The summed E-state index contributed by atoms with van der Waals surface area (Å²) in [6, 6.07) is 3.26. The fourth-order valence-electron chi connectivity index (χ4n) is 4.66. The molecule has 0 atom stereocenters. The molecule has 0 aliphatic heterocycles. The van der Waals surface area contributed by atoms with Crippen molar-refractivity contribution < 1.29 is 14.7 Å². The molecule has 1 heterocycles. The first kappa shape index (κ1) is 21.3. The number of carbonyl (C=O) groups is 2. The molecule has 2 saturated carbocycles. The monoisotopic (exact) mass is 424 g/mol. The summed E-state index contributed by atoms with van der Waals surface area (Å²) in [7, 11) is 0. The van der Waals surface area contributed by atoms with E-state index in [0.29, 0.717) is 53.9 Å². The van der Waals surface area contributed by atoms with Gasteiger partial charge in [-0.3, -0.25) is 23.5 Å². The van der Waals surface area contributed by atoms with Crippen molar-refractivity contribution in [1.29, 1.82) is 0 Å². The minimum atomic E-state index is -0.398. The second-order valence-electron chi connectivity index (χ2n) is 8.70. The molecule has 1 aromatic heterocycles. The van der Waals surface area contributed by atoms with E-state index in [1.807, 2.05) is 6.92 Å². The maximum absolute atomic E-state index is 13.3. The van der Waals surface area contributed by atoms with Crippen molar-refractivity contribution in [2.24, 2.45) is 5.92 Å². The standard InChI is InChI=1S/C24H28N2O5/c1-3-12-25-23(30)20-14(2)16(22(29)21-18(27)8-5-9-19(21)28)10-11-17(20)26(24(25)31)13-15-6-4-7-15/h10-11,15,29H,3-9,12-13H2,1-2H3. The summed E-state index contributed by atoms with van der Waals surface area (Å²) in [5.41, 5.74) is 0.426. The van der Waals surface area contributed by atoms with Gasteiger partial charge in [0, 0.05) is 31.5 Å². The predicted molar refractivity (Wildman–Crippen MR) is 118 cm³/mol. The van der Waals surface area contributed by atoms with Crippen LogP contribution < -0.4 is 11.2 Å². The van der Waals surface area contributed by atoms with Crippen molar-refractivity contribution in [3.05, 3.63) is 49.7 Å². The normalized spacial score (nSPS) is 17.3. The highest BCUT2D eigenvalue weighted by molar-refractivity contribution is 6.25. The van der Waals surface area contributed by atoms with Gasteiger partial charge in [-0.1, -0.05) is 13.3 Å². The fourth-order valence-corrected chi connectivity index (χ4v) is 4.66. The molecule has 7 heteroatoms. The highest BCUT2D eigenvalue weighted by Crippen LogP contribution is 2.31. The molecule has 31 heavy (non-hydrogen) atoms. The van der Waals surface area contributed by atoms with Gasteiger partial charge in [-0.05, 0) is 56.2 Å². The lowest BCUT2D eigenvalue weighted by Gasteiger charge is -2.27. The molecule has 0 saturated heterocycles. The van der Waals surface area contributed by atoms with E-state index >= 15 is 0 Å². The van der Waals surface area contributed by atoms with Crippen LogP contribution in [0.15, 0.2) is 27.3 Å². The van der Waals surface area contributed by atoms with Crippen molar-refractivity contribution >= 4 is 28.2 Å². The van der Waals surface area contributed by atoms with Crippen LogP contribution in [0.3, 0.4) is 0 Å². The number of hydrogen-bond donors (Lipinski definition) is 1. The minimum absolute atomic E-state index is 0.176. The molecular formula is C24H28N2O5. The average Bonchev–Trinajstić information content (AvgIpc) is 2.69. The van der Waals surface area contributed by atoms with Crippen LogP contribution in [0.2, 0.25) is 0 Å². The Morgan fingerprint density at radius 3 is 2.29 bits per heavy atom. The van der Waals surface area contributed by atoms with E-state index in [1.54, 1.807) is 23.6 Å². The highest BCUT2D eigenvalue weighted by atomic mass is 16.3. The first-order valence-electron chi connectivity index (χ1n) is 11.1. The Morgan fingerprint density at radius 1 is 1.03 bits per heavy atom. The minimum Gasteiger partial charge on any atom is -0.506 e. The van der Waals surface area contributed by atoms with E-state index in [9.17, 15) is 24.3 Å². The van der Waals surface area contributed by atoms with Crippen LogP contribution in [0.1, 0.15) is 63.0 Å². The first-order valence-corrected chi connectivity index (χ1v) is 11.1. The average molecular weight is 424 g/mol. The van der Waals surface area contributed by atoms with Crippen LogP contribution >= 0.6 is 0 Å². The van der Waals surface area contributed by atoms with Gasteiger partial charge in [0.2, 0.25) is 0 Å². The van der Waals surface area contributed by atoms with Crippen molar-refractivity contribution in [2.75, 3.05) is 0 Å². The van der Waals surface area contributed by atoms with Gasteiger partial charge in [-0.15, -0.1) is 0 Å². The summed E-state index contributed by atoms with van der Waals surface area (Å²) in [5.74, 6) is -0.688. The summed E-state index contributed by atoms with van der Waals surface area (Å²) in [4.78, 5) is 51.0. The summed E-state index contributed by atoms with van der Waals surface area (Å²) in [6.45, 7) is 4.47. The SMILES string of the molecule is CCCn1c(=O)c2c(C)c(C(O)=C3C(=O)CCCC3=O)ccc2n(CC2CCC2)c1=O. The lowest BCUT2D eigenvalue weighted by molar-refractivity contribution is -0.123. The van der Waals surface area contributed by atoms with Crippen LogP contribution in [0.5, 0.6) is 0 Å². The molecule has 0 amide bonds. The molecule has 1 N–H and O–H groups in total. The molecular weight excluding hydrogens is 396 g/mol. The van der Waals surface area contributed by atoms with Crippen molar-refractivity contribution in [3.63, 3.8) is 0 Å². The molecule has 0 unspecified atom stereocenters. The zero-order chi connectivity index (χ0) is 22.3. The van der Waals surface area contributed by atoms with Gasteiger partial charge in [-0.25, -0.2) is 4.79 Å². The molecule has 1 aromatic carbocycles. The third-order valence-corrected chi connectivity index (χ3v) is 6.62. The van der Waals surface area contributed by atoms with E-state index in [2.05, 4.69) is 0 Å². The van der Waals surface area contributed by atoms with E-state index in [1.165, 1.54) is 4.57 Å². The number of hydrogen-bond acceptors (Lipinski definition) is 5. The second-order valence-corrected chi connectivity index (χ2v) is 8.70. The number of allylic oxidation sites excluding steroid dienone is 1. The van der Waals surface area contributed by atoms with Gasteiger partial charge < -0.3 is 5.11 Å². The molecule has 0 spiro atoms. The fraction of sp³-hybridized carbons (Fsp3) is 0.500. The van der Waals surface area contributed by atoms with E-state index in [4.69, 9.17) is 0 Å². The maximum Gasteiger partial charge on any atom is 0.331 e. The van der Waals surface area contributed by atoms with Crippen LogP contribution in [0.4, 0.5) is 0 Å². The second kappa shape index (κ2) is 8.29. The molecule has 164 valence electrons. The number of benzene rings is 1. The molecule has 0 bridgehead atoms. The zero-order valence-electron chi connectivity index (χ0n) is 18.1. The number of aromatic nitrogens is 2. The topological polar surface area (TPSA) is 98.4 Å². The summed E-state index contributed by atoms with van der Waals surface area (Å²) >= 11 is 0. The molecule has 0 radical (unpaired) electrons. The van der Waals surface area contributed by atoms with Crippen molar-refractivity contribution in [1.82, 2.24) is 9.13 Å². The molecule has 2 aromatic rings. The predicted octanol–water partition coefficient (Wildman–Crippen LogP) is 3.27. The Labute approximate surface area is 180 Å². The molecule has 2 fully saturated rings. The number of aliphatic hydroxyl groups excluding tert-OH is 1. The van der Waals surface area contributed by atoms with Gasteiger partial charge in [0.15, 0.2) is 11.6 Å². The number of aryl methyl sites for hydroxylation is 1. The van der Waals surface area contributed by atoms with Crippen LogP contribution in [-0.4, -0.2) is 25.8 Å². The highest BCUT2D eigenvalue weighted by Gasteiger charge is 2.29. The first-order chi connectivity index (χ1) is 14.8. The number of rotatable bonds is 5. The van der Waals surface area contributed by atoms with Gasteiger partial charge in [-0.2, -0.15) is 0 Å². The Morgan fingerprint density at radius 2 is 1.71 bits per heavy atom. The number of carbonyl (C=O) groups excluding carboxylic acids is 2. The summed E-state index contributed by atoms with van der Waals surface area (Å²) < 4.78 is 2.94. The Balaban J connectivity index is 1.98. The van der Waals surface area contributed by atoms with E-state index in [-0.39, 0.29) is 41.4 Å². The van der Waals surface area contributed by atoms with Crippen LogP contribution in [-0.2, 0) is 22.7 Å². The van der Waals surface area contributed by atoms with E-state index in [0.717, 1.165) is 19.3 Å². The summed E-state index contributed by atoms with van der Waals surface area (Å²) in [5, 5.41) is 11.2. The number of Topliss-reactive ketones (excluding diaryl/α,β-unsaturated/α-hetero) is 2. The number of nitrogens with zero attached hydrogens (tertiary/aromatic N) is 2. The Kier molecular flexibility index (Phi) is 5.69. The van der Waals surface area contributed by atoms with Gasteiger partial charge in [0.05, 0.1) is 10.9 Å². The van der Waals surface area contributed by atoms with Crippen molar-refractivity contribution in [2.45, 2.75) is 71.9 Å². The maximum atomic E-state index is 13.3. The molecule has 2 aliphatic rings. The third kappa shape index (κ3) is 3.56. The van der Waals surface area contributed by atoms with Gasteiger partial charge >= 0.3 is 5.69 Å². The Hall–Kier alpha value is -2.96. The zero-order valence-corrected chi connectivity index (χ0v) is 18.1. The molecule has 2 aliphatic carbocycles. The number of fused-ring (bicyclic) bond motifs is 1. The van der Waals surface area contributed by atoms with Crippen molar-refractivity contribution in [3.8, 4) is 0 Å². The van der Waals surface area contributed by atoms with Gasteiger partial charge in [0.25, 0.3) is 5.56 Å². The number of aliphatic hydroxyl groups is 1. The lowest BCUT2D eigenvalue weighted by atomic mass is 9.85. The summed E-state index contributed by atoms with van der Waals surface area (Å²) in [6.07, 6.45) is 4.86. The quantitative estimate of drug-likeness (QED) is 0.451. The van der Waals surface area contributed by atoms with Crippen LogP contribution in [0.25, 0.3) is 16.7 Å². The third-order valence-electron chi connectivity index (χ3n) is 6.62.